The summed E-state index contributed by atoms with van der Waals surface area (Å²) in [6, 6.07) is 0. The van der Waals surface area contributed by atoms with Crippen LogP contribution in [0.15, 0.2) is 28.5 Å². The highest BCUT2D eigenvalue weighted by Gasteiger charge is 2.60. The Bertz CT molecular complexity index is 917. The first-order valence-corrected chi connectivity index (χ1v) is 13.2. The molecule has 0 saturated heterocycles. The third-order valence-corrected chi connectivity index (χ3v) is 10.0. The van der Waals surface area contributed by atoms with Crippen molar-refractivity contribution in [1.82, 2.24) is 0 Å². The molecule has 7 heteroatoms. The topological polar surface area (TPSA) is 123 Å². The highest BCUT2D eigenvalue weighted by Crippen LogP contribution is 2.65. The van der Waals surface area contributed by atoms with E-state index in [0.29, 0.717) is 32.1 Å². The summed E-state index contributed by atoms with van der Waals surface area (Å²) in [4.78, 5) is 5.20. The summed E-state index contributed by atoms with van der Waals surface area (Å²) in [7, 11) is 1.53. The Kier molecular flexibility index (Phi) is 6.85. The molecule has 0 heterocycles. The Hall–Kier alpha value is -1.25. The highest BCUT2D eigenvalue weighted by molar-refractivity contribution is 5.99. The zero-order chi connectivity index (χ0) is 26.0. The van der Waals surface area contributed by atoms with Gasteiger partial charge in [-0.2, -0.15) is 0 Å². The molecule has 4 aliphatic carbocycles. The summed E-state index contributed by atoms with van der Waals surface area (Å²) >= 11 is 0. The average Bonchev–Trinajstić information content (AvgIpc) is 3.11. The molecule has 7 nitrogen and oxygen atoms in total. The first-order valence-electron chi connectivity index (χ1n) is 13.2. The number of aliphatic hydroxyl groups excluding tert-OH is 3. The van der Waals surface area contributed by atoms with Gasteiger partial charge in [-0.3, -0.25) is 0 Å². The molecule has 9 atom stereocenters. The zero-order valence-electron chi connectivity index (χ0n) is 22.2. The standard InChI is InChI=1S/C28H45NO6/c1-25(2,33)11-10-24(32)28(5,34)23-8-7-17-16-13-20(29-35-6)19-14-21(30)22(31)15-27(19,4)18(16)9-12-26(17,23)3/h7,13,18-19,21-24,30-34H,8-12,14-15H2,1-6H3/b29-20-/t18?,19-,21+,22-,23?,24+,26-,27+,28+/m0/s1. The van der Waals surface area contributed by atoms with Crippen LogP contribution in [0.1, 0.15) is 79.6 Å². The molecular formula is C28H45NO6. The van der Waals surface area contributed by atoms with Crippen LogP contribution in [0, 0.1) is 28.6 Å². The molecule has 2 unspecified atom stereocenters. The van der Waals surface area contributed by atoms with Crippen LogP contribution in [0.5, 0.6) is 0 Å². The maximum absolute atomic E-state index is 11.6. The summed E-state index contributed by atoms with van der Waals surface area (Å²) in [6.07, 6.45) is 6.02. The molecule has 35 heavy (non-hydrogen) atoms. The van der Waals surface area contributed by atoms with E-state index in [1.165, 1.54) is 18.3 Å². The Morgan fingerprint density at radius 1 is 1.14 bits per heavy atom. The highest BCUT2D eigenvalue weighted by atomic mass is 16.6. The van der Waals surface area contributed by atoms with Gasteiger partial charge in [-0.05, 0) is 99.7 Å². The molecule has 198 valence electrons. The van der Waals surface area contributed by atoms with E-state index < -0.39 is 29.5 Å². The number of hydrogen-bond donors (Lipinski definition) is 5. The van der Waals surface area contributed by atoms with E-state index in [2.05, 4.69) is 31.2 Å². The van der Waals surface area contributed by atoms with Crippen molar-refractivity contribution in [3.8, 4) is 0 Å². The third kappa shape index (κ3) is 4.42. The molecule has 0 radical (unpaired) electrons. The van der Waals surface area contributed by atoms with Crippen molar-refractivity contribution in [2.24, 2.45) is 33.7 Å². The van der Waals surface area contributed by atoms with Gasteiger partial charge in [-0.1, -0.05) is 25.1 Å². The molecule has 0 bridgehead atoms. The lowest BCUT2D eigenvalue weighted by molar-refractivity contribution is -0.134. The van der Waals surface area contributed by atoms with Crippen LogP contribution in [0.4, 0.5) is 0 Å². The second kappa shape index (κ2) is 8.95. The lowest BCUT2D eigenvalue weighted by atomic mass is 9.47. The molecule has 5 N–H and O–H groups in total. The van der Waals surface area contributed by atoms with Gasteiger partial charge in [-0.15, -0.1) is 0 Å². The molecule has 0 aromatic rings. The maximum Gasteiger partial charge on any atom is 0.106 e. The summed E-state index contributed by atoms with van der Waals surface area (Å²) in [5, 5.41) is 58.2. The van der Waals surface area contributed by atoms with Crippen LogP contribution in [0.25, 0.3) is 0 Å². The van der Waals surface area contributed by atoms with E-state index in [1.807, 2.05) is 0 Å². The van der Waals surface area contributed by atoms with E-state index in [0.717, 1.165) is 18.6 Å². The fourth-order valence-electron chi connectivity index (χ4n) is 7.92. The van der Waals surface area contributed by atoms with E-state index in [1.54, 1.807) is 20.8 Å². The second-order valence-corrected chi connectivity index (χ2v) is 12.9. The number of fused-ring (bicyclic) bond motifs is 5. The number of allylic oxidation sites excluding steroid dienone is 4. The first-order chi connectivity index (χ1) is 16.1. The molecule has 2 saturated carbocycles. The number of nitrogens with zero attached hydrogens (tertiary/aromatic N) is 1. The largest absolute Gasteiger partial charge is 0.399 e. The van der Waals surface area contributed by atoms with Crippen molar-refractivity contribution < 1.29 is 30.4 Å². The second-order valence-electron chi connectivity index (χ2n) is 12.9. The van der Waals surface area contributed by atoms with Crippen LogP contribution in [-0.2, 0) is 4.84 Å². The quantitative estimate of drug-likeness (QED) is 0.364. The van der Waals surface area contributed by atoms with Crippen molar-refractivity contribution in [2.45, 2.75) is 109 Å². The lowest BCUT2D eigenvalue weighted by Gasteiger charge is -2.57. The van der Waals surface area contributed by atoms with Crippen molar-refractivity contribution >= 4 is 5.71 Å². The molecule has 0 aromatic heterocycles. The third-order valence-electron chi connectivity index (χ3n) is 10.0. The predicted octanol–water partition coefficient (Wildman–Crippen LogP) is 3.09. The van der Waals surface area contributed by atoms with Gasteiger partial charge in [0.15, 0.2) is 0 Å². The van der Waals surface area contributed by atoms with Crippen LogP contribution in [0.2, 0.25) is 0 Å². The minimum atomic E-state index is -1.30. The maximum atomic E-state index is 11.6. The zero-order valence-corrected chi connectivity index (χ0v) is 22.2. The Labute approximate surface area is 209 Å². The van der Waals surface area contributed by atoms with E-state index in [-0.39, 0.29) is 28.6 Å². The fraction of sp³-hybridized carbons (Fsp3) is 0.821. The number of hydrogen-bond acceptors (Lipinski definition) is 7. The molecule has 0 spiro atoms. The Morgan fingerprint density at radius 2 is 1.83 bits per heavy atom. The van der Waals surface area contributed by atoms with Crippen molar-refractivity contribution in [3.63, 3.8) is 0 Å². The van der Waals surface area contributed by atoms with E-state index >= 15 is 0 Å². The minimum absolute atomic E-state index is 0.00326. The normalized spacial score (nSPS) is 42.8. The lowest BCUT2D eigenvalue weighted by Crippen LogP contribution is -2.56. The van der Waals surface area contributed by atoms with Gasteiger partial charge in [-0.25, -0.2) is 0 Å². The average molecular weight is 492 g/mol. The minimum Gasteiger partial charge on any atom is -0.399 e. The van der Waals surface area contributed by atoms with Gasteiger partial charge in [0.25, 0.3) is 0 Å². The van der Waals surface area contributed by atoms with Crippen molar-refractivity contribution in [3.05, 3.63) is 23.3 Å². The Morgan fingerprint density at radius 3 is 2.46 bits per heavy atom. The number of rotatable bonds is 6. The van der Waals surface area contributed by atoms with Gasteiger partial charge in [0.2, 0.25) is 0 Å². The number of oxime groups is 1. The van der Waals surface area contributed by atoms with Crippen LogP contribution < -0.4 is 0 Å². The van der Waals surface area contributed by atoms with Gasteiger partial charge in [0.1, 0.15) is 7.11 Å². The molecule has 2 fully saturated rings. The molecule has 0 aromatic carbocycles. The van der Waals surface area contributed by atoms with Crippen LogP contribution in [0.3, 0.4) is 0 Å². The van der Waals surface area contributed by atoms with Crippen molar-refractivity contribution in [1.29, 1.82) is 0 Å². The van der Waals surface area contributed by atoms with Gasteiger partial charge in [0, 0.05) is 11.8 Å². The molecule has 0 aliphatic heterocycles. The molecule has 4 aliphatic rings. The van der Waals surface area contributed by atoms with Crippen LogP contribution >= 0.6 is 0 Å². The van der Waals surface area contributed by atoms with Crippen molar-refractivity contribution in [2.75, 3.05) is 7.11 Å². The first kappa shape index (κ1) is 26.8. The predicted molar refractivity (Wildman–Crippen MR) is 135 cm³/mol. The molecular weight excluding hydrogens is 446 g/mol. The summed E-state index contributed by atoms with van der Waals surface area (Å²) in [5.41, 5.74) is 0.440. The Balaban J connectivity index is 1.67. The molecule has 0 amide bonds. The van der Waals surface area contributed by atoms with E-state index in [4.69, 9.17) is 4.84 Å². The van der Waals surface area contributed by atoms with Gasteiger partial charge < -0.3 is 30.4 Å². The number of aliphatic hydroxyl groups is 5. The van der Waals surface area contributed by atoms with Gasteiger partial charge in [0.05, 0.1) is 35.2 Å². The summed E-state index contributed by atoms with van der Waals surface area (Å²) < 4.78 is 0. The SMILES string of the molecule is CO/N=C1/C=C2C3=CCC([C@@](C)(O)[C@H](O)CCC(C)(C)O)[C@@]3(C)CCC2[C@@]2(C)C[C@H](O)[C@H](O)C[C@@H]12. The van der Waals surface area contributed by atoms with Gasteiger partial charge >= 0.3 is 0 Å². The summed E-state index contributed by atoms with van der Waals surface area (Å²) in [5.74, 6) is 0.0629. The fourth-order valence-corrected chi connectivity index (χ4v) is 7.92. The molecule has 4 rings (SSSR count). The smallest absolute Gasteiger partial charge is 0.106 e. The van der Waals surface area contributed by atoms with Crippen LogP contribution in [-0.4, -0.2) is 67.9 Å². The summed E-state index contributed by atoms with van der Waals surface area (Å²) in [6.45, 7) is 9.59. The van der Waals surface area contributed by atoms with E-state index in [9.17, 15) is 25.5 Å². The monoisotopic (exact) mass is 491 g/mol.